The van der Waals surface area contributed by atoms with Gasteiger partial charge in [-0.15, -0.1) is 0 Å². The van der Waals surface area contributed by atoms with Crippen molar-refractivity contribution in [3.8, 4) is 16.8 Å². The van der Waals surface area contributed by atoms with Gasteiger partial charge in [-0.25, -0.2) is 4.68 Å². The number of fused-ring (bicyclic) bond motifs is 1. The molecule has 0 spiro atoms. The second-order valence-corrected chi connectivity index (χ2v) is 5.45. The summed E-state index contributed by atoms with van der Waals surface area (Å²) in [7, 11) is 0. The number of nitrogens with two attached hydrogens (primary N) is 2. The second kappa shape index (κ2) is 5.75. The molecule has 0 aliphatic rings. The van der Waals surface area contributed by atoms with Crippen molar-refractivity contribution in [2.45, 2.75) is 6.54 Å². The first-order valence-corrected chi connectivity index (χ1v) is 7.61. The molecule has 0 saturated carbocycles. The van der Waals surface area contributed by atoms with Gasteiger partial charge in [0.2, 0.25) is 0 Å². The maximum atomic E-state index is 6.36. The fourth-order valence-corrected chi connectivity index (χ4v) is 2.79. The summed E-state index contributed by atoms with van der Waals surface area (Å²) >= 11 is 0. The van der Waals surface area contributed by atoms with Crippen LogP contribution in [-0.2, 0) is 6.54 Å². The van der Waals surface area contributed by atoms with E-state index >= 15 is 0 Å². The lowest BCUT2D eigenvalue weighted by Crippen LogP contribution is -2.08. The van der Waals surface area contributed by atoms with E-state index < -0.39 is 0 Å². The number of nitrogen functional groups attached to an aromatic ring is 1. The molecule has 0 atom stereocenters. The maximum Gasteiger partial charge on any atom is 0.135 e. The van der Waals surface area contributed by atoms with Gasteiger partial charge in [0, 0.05) is 24.5 Å². The highest BCUT2D eigenvalue weighted by molar-refractivity contribution is 5.84. The van der Waals surface area contributed by atoms with Crippen LogP contribution >= 0.6 is 0 Å². The molecule has 2 aromatic heterocycles. The fourth-order valence-electron chi connectivity index (χ4n) is 2.79. The molecule has 0 aliphatic carbocycles. The molecule has 6 heteroatoms. The van der Waals surface area contributed by atoms with Crippen molar-refractivity contribution in [3.63, 3.8) is 0 Å². The molecule has 6 nitrogen and oxygen atoms in total. The predicted molar refractivity (Wildman–Crippen MR) is 94.4 cm³/mol. The molecule has 2 heterocycles. The minimum atomic E-state index is 0.427. The Balaban J connectivity index is 1.84. The molecule has 2 aromatic carbocycles. The highest BCUT2D eigenvalue weighted by Crippen LogP contribution is 2.30. The van der Waals surface area contributed by atoms with Crippen molar-refractivity contribution in [1.29, 1.82) is 0 Å². The lowest BCUT2D eigenvalue weighted by molar-refractivity contribution is 0.868. The normalized spacial score (nSPS) is 11.0. The third kappa shape index (κ3) is 2.29. The Morgan fingerprint density at radius 1 is 0.958 bits per heavy atom. The van der Waals surface area contributed by atoms with Crippen LogP contribution in [0.4, 0.5) is 5.82 Å². The predicted octanol–water partition coefficient (Wildman–Crippen LogP) is 2.52. The van der Waals surface area contributed by atoms with E-state index in [-0.39, 0.29) is 0 Å². The Morgan fingerprint density at radius 3 is 2.58 bits per heavy atom. The molecule has 0 amide bonds. The van der Waals surface area contributed by atoms with E-state index in [1.54, 1.807) is 23.3 Å². The van der Waals surface area contributed by atoms with Gasteiger partial charge in [-0.05, 0) is 29.3 Å². The Labute approximate surface area is 138 Å². The van der Waals surface area contributed by atoms with Gasteiger partial charge in [0.15, 0.2) is 0 Å². The van der Waals surface area contributed by atoms with Gasteiger partial charge >= 0.3 is 0 Å². The van der Waals surface area contributed by atoms with Crippen molar-refractivity contribution in [1.82, 2.24) is 19.7 Å². The quantitative estimate of drug-likeness (QED) is 0.605. The lowest BCUT2D eigenvalue weighted by Gasteiger charge is -2.10. The number of benzene rings is 2. The van der Waals surface area contributed by atoms with Crippen molar-refractivity contribution < 1.29 is 0 Å². The Bertz CT molecular complexity index is 1020. The Kier molecular flexibility index (Phi) is 3.44. The van der Waals surface area contributed by atoms with E-state index in [4.69, 9.17) is 11.5 Å². The van der Waals surface area contributed by atoms with Crippen LogP contribution in [0.1, 0.15) is 5.56 Å². The molecule has 0 saturated heterocycles. The molecule has 118 valence electrons. The SMILES string of the molecule is NCc1ccccc1-n1ncc(-c2ccc3nccnc3c2)c1N. The largest absolute Gasteiger partial charge is 0.383 e. The highest BCUT2D eigenvalue weighted by atomic mass is 15.3. The zero-order valence-electron chi connectivity index (χ0n) is 12.9. The topological polar surface area (TPSA) is 95.6 Å². The first-order chi connectivity index (χ1) is 11.8. The standard InChI is InChI=1S/C18H16N6/c19-10-13-3-1-2-4-17(13)24-18(20)14(11-23-24)12-5-6-15-16(9-12)22-8-7-21-15/h1-9,11H,10,19-20H2. The number of aromatic nitrogens is 4. The molecular formula is C18H16N6. The van der Waals surface area contributed by atoms with Crippen molar-refractivity contribution in [2.75, 3.05) is 5.73 Å². The van der Waals surface area contributed by atoms with Crippen LogP contribution in [-0.4, -0.2) is 19.7 Å². The van der Waals surface area contributed by atoms with Crippen LogP contribution in [0.25, 0.3) is 27.8 Å². The van der Waals surface area contributed by atoms with Gasteiger partial charge in [-0.3, -0.25) is 9.97 Å². The fraction of sp³-hybridized carbons (Fsp3) is 0.0556. The van der Waals surface area contributed by atoms with Crippen LogP contribution in [0, 0.1) is 0 Å². The van der Waals surface area contributed by atoms with Gasteiger partial charge in [0.05, 0.1) is 22.9 Å². The molecule has 0 fully saturated rings. The van der Waals surface area contributed by atoms with E-state index in [0.29, 0.717) is 12.4 Å². The van der Waals surface area contributed by atoms with Crippen molar-refractivity contribution in [2.24, 2.45) is 5.73 Å². The first kappa shape index (κ1) is 14.3. The van der Waals surface area contributed by atoms with Crippen LogP contribution in [0.2, 0.25) is 0 Å². The third-order valence-corrected chi connectivity index (χ3v) is 4.03. The summed E-state index contributed by atoms with van der Waals surface area (Å²) in [6, 6.07) is 13.7. The zero-order valence-corrected chi connectivity index (χ0v) is 12.9. The van der Waals surface area contributed by atoms with E-state index in [2.05, 4.69) is 15.1 Å². The third-order valence-electron chi connectivity index (χ3n) is 4.03. The molecule has 0 aliphatic heterocycles. The van der Waals surface area contributed by atoms with E-state index in [0.717, 1.165) is 33.4 Å². The average molecular weight is 316 g/mol. The van der Waals surface area contributed by atoms with Crippen LogP contribution < -0.4 is 11.5 Å². The van der Waals surface area contributed by atoms with Crippen LogP contribution in [0.3, 0.4) is 0 Å². The monoisotopic (exact) mass is 316 g/mol. The zero-order chi connectivity index (χ0) is 16.5. The van der Waals surface area contributed by atoms with Crippen molar-refractivity contribution in [3.05, 3.63) is 66.6 Å². The van der Waals surface area contributed by atoms with Gasteiger partial charge in [0.25, 0.3) is 0 Å². The molecule has 0 unspecified atom stereocenters. The molecule has 4 N–H and O–H groups in total. The summed E-state index contributed by atoms with van der Waals surface area (Å²) in [5.74, 6) is 0.569. The average Bonchev–Trinajstić information content (AvgIpc) is 3.02. The minimum Gasteiger partial charge on any atom is -0.383 e. The summed E-state index contributed by atoms with van der Waals surface area (Å²) in [6.07, 6.45) is 5.12. The molecule has 0 bridgehead atoms. The summed E-state index contributed by atoms with van der Waals surface area (Å²) in [5, 5.41) is 4.45. The highest BCUT2D eigenvalue weighted by Gasteiger charge is 2.13. The summed E-state index contributed by atoms with van der Waals surface area (Å²) < 4.78 is 1.72. The van der Waals surface area contributed by atoms with Gasteiger partial charge < -0.3 is 11.5 Å². The number of rotatable bonds is 3. The Hall–Kier alpha value is -3.25. The molecule has 4 rings (SSSR count). The first-order valence-electron chi connectivity index (χ1n) is 7.61. The van der Waals surface area contributed by atoms with Crippen molar-refractivity contribution >= 4 is 16.9 Å². The number of nitrogens with zero attached hydrogens (tertiary/aromatic N) is 4. The van der Waals surface area contributed by atoms with Gasteiger partial charge in [-0.2, -0.15) is 5.10 Å². The van der Waals surface area contributed by atoms with E-state index in [9.17, 15) is 0 Å². The second-order valence-electron chi connectivity index (χ2n) is 5.45. The van der Waals surface area contributed by atoms with E-state index in [1.165, 1.54) is 0 Å². The van der Waals surface area contributed by atoms with Crippen LogP contribution in [0.5, 0.6) is 0 Å². The maximum absolute atomic E-state index is 6.36. The molecule has 4 aromatic rings. The summed E-state index contributed by atoms with van der Waals surface area (Å²) in [5.41, 5.74) is 17.5. The minimum absolute atomic E-state index is 0.427. The number of hydrogen-bond acceptors (Lipinski definition) is 5. The van der Waals surface area contributed by atoms with Gasteiger partial charge in [0.1, 0.15) is 5.82 Å². The number of anilines is 1. The summed E-state index contributed by atoms with van der Waals surface area (Å²) in [4.78, 5) is 8.63. The Morgan fingerprint density at radius 2 is 1.75 bits per heavy atom. The molecular weight excluding hydrogens is 300 g/mol. The van der Waals surface area contributed by atoms with E-state index in [1.807, 2.05) is 42.5 Å². The molecule has 0 radical (unpaired) electrons. The summed E-state index contributed by atoms with van der Waals surface area (Å²) in [6.45, 7) is 0.427. The molecule has 24 heavy (non-hydrogen) atoms. The van der Waals surface area contributed by atoms with Gasteiger partial charge in [-0.1, -0.05) is 24.3 Å². The number of hydrogen-bond donors (Lipinski definition) is 2. The smallest absolute Gasteiger partial charge is 0.135 e. The lowest BCUT2D eigenvalue weighted by atomic mass is 10.1. The van der Waals surface area contributed by atoms with Crippen LogP contribution in [0.15, 0.2) is 61.1 Å². The number of para-hydroxylation sites is 1.